The molecule has 1 aliphatic heterocycles. The van der Waals surface area contributed by atoms with Crippen molar-refractivity contribution in [2.45, 2.75) is 12.0 Å². The van der Waals surface area contributed by atoms with Crippen molar-refractivity contribution in [3.8, 4) is 22.9 Å². The molecule has 2 heterocycles. The van der Waals surface area contributed by atoms with Gasteiger partial charge in [-0.15, -0.1) is 0 Å². The summed E-state index contributed by atoms with van der Waals surface area (Å²) in [4.78, 5) is 22.8. The van der Waals surface area contributed by atoms with Gasteiger partial charge < -0.3 is 10.5 Å². The number of aliphatic imine (C=N–C) groups is 1. The first-order valence-electron chi connectivity index (χ1n) is 9.88. The number of guanidine groups is 1. The largest absolute Gasteiger partial charge is 0.497 e. The molecule has 2 aromatic carbocycles. The number of hydrogen-bond donors (Lipinski definition) is 1. The average molecular weight is 447 g/mol. The van der Waals surface area contributed by atoms with Crippen molar-refractivity contribution in [1.29, 1.82) is 5.26 Å². The number of alkyl halides is 2. The Morgan fingerprint density at radius 2 is 1.91 bits per heavy atom. The molecule has 0 bridgehead atoms. The first-order chi connectivity index (χ1) is 15.8. The van der Waals surface area contributed by atoms with Crippen molar-refractivity contribution in [3.63, 3.8) is 0 Å². The van der Waals surface area contributed by atoms with E-state index in [0.717, 1.165) is 6.07 Å². The standard InChI is InChI=1S/C24H19F2N5O2/c1-31-22(32)24(30-23(31)28,17-6-7-29-20(12-17)21(25)26)18-9-16(10-19(11-18)33-2)15-5-3-4-14(8-15)13-27/h3-12,21H,1-2H3,(H2,28,30). The Labute approximate surface area is 188 Å². The molecule has 1 aromatic heterocycles. The van der Waals surface area contributed by atoms with Gasteiger partial charge >= 0.3 is 0 Å². The summed E-state index contributed by atoms with van der Waals surface area (Å²) in [5.74, 6) is -0.133. The first kappa shape index (κ1) is 21.9. The number of aromatic nitrogens is 1. The fourth-order valence-corrected chi connectivity index (χ4v) is 3.84. The molecule has 1 aliphatic rings. The molecule has 1 unspecified atom stereocenters. The number of nitrogens with zero attached hydrogens (tertiary/aromatic N) is 4. The first-order valence-corrected chi connectivity index (χ1v) is 9.88. The van der Waals surface area contributed by atoms with E-state index in [4.69, 9.17) is 10.5 Å². The number of nitriles is 1. The van der Waals surface area contributed by atoms with Crippen molar-refractivity contribution in [1.82, 2.24) is 9.88 Å². The van der Waals surface area contributed by atoms with E-state index in [1.165, 1.54) is 31.3 Å². The number of hydrogen-bond acceptors (Lipinski definition) is 6. The van der Waals surface area contributed by atoms with Crippen LogP contribution < -0.4 is 10.5 Å². The van der Waals surface area contributed by atoms with Gasteiger partial charge in [-0.05, 0) is 64.7 Å². The highest BCUT2D eigenvalue weighted by Crippen LogP contribution is 2.42. The predicted molar refractivity (Wildman–Crippen MR) is 118 cm³/mol. The maximum Gasteiger partial charge on any atom is 0.280 e. The predicted octanol–water partition coefficient (Wildman–Crippen LogP) is 3.60. The fourth-order valence-electron chi connectivity index (χ4n) is 3.84. The van der Waals surface area contributed by atoms with Crippen molar-refractivity contribution >= 4 is 11.9 Å². The van der Waals surface area contributed by atoms with Gasteiger partial charge in [0.05, 0.1) is 18.7 Å². The molecular formula is C24H19F2N5O2. The Bertz CT molecular complexity index is 1320. The molecule has 2 N–H and O–H groups in total. The Morgan fingerprint density at radius 3 is 2.55 bits per heavy atom. The zero-order chi connectivity index (χ0) is 23.8. The zero-order valence-electron chi connectivity index (χ0n) is 17.8. The van der Waals surface area contributed by atoms with Crippen molar-refractivity contribution in [3.05, 3.63) is 83.2 Å². The molecule has 0 radical (unpaired) electrons. The van der Waals surface area contributed by atoms with Gasteiger partial charge in [0, 0.05) is 13.2 Å². The Balaban J connectivity index is 2.00. The lowest BCUT2D eigenvalue weighted by Crippen LogP contribution is -2.41. The molecule has 4 rings (SSSR count). The van der Waals surface area contributed by atoms with Crippen LogP contribution in [0.5, 0.6) is 5.75 Å². The van der Waals surface area contributed by atoms with Crippen LogP contribution in [0, 0.1) is 11.3 Å². The second kappa shape index (κ2) is 8.31. The molecule has 0 saturated carbocycles. The van der Waals surface area contributed by atoms with Gasteiger partial charge in [-0.25, -0.2) is 13.8 Å². The molecule has 7 nitrogen and oxygen atoms in total. The lowest BCUT2D eigenvalue weighted by Gasteiger charge is -2.27. The minimum Gasteiger partial charge on any atom is -0.497 e. The SMILES string of the molecule is COc1cc(-c2cccc(C#N)c2)cc(C2(c3ccnc(C(F)F)c3)N=C(N)N(C)C2=O)c1. The quantitative estimate of drug-likeness (QED) is 0.644. The van der Waals surface area contributed by atoms with Crippen LogP contribution in [0.4, 0.5) is 8.78 Å². The van der Waals surface area contributed by atoms with E-state index in [9.17, 15) is 18.8 Å². The van der Waals surface area contributed by atoms with Crippen molar-refractivity contribution < 1.29 is 18.3 Å². The summed E-state index contributed by atoms with van der Waals surface area (Å²) in [6, 6.07) is 16.7. The van der Waals surface area contributed by atoms with Gasteiger partial charge in [-0.2, -0.15) is 5.26 Å². The molecule has 9 heteroatoms. The highest BCUT2D eigenvalue weighted by Gasteiger charge is 2.50. The third kappa shape index (κ3) is 3.65. The van der Waals surface area contributed by atoms with E-state index < -0.39 is 23.6 Å². The summed E-state index contributed by atoms with van der Waals surface area (Å²) < 4.78 is 32.3. The second-order valence-electron chi connectivity index (χ2n) is 7.46. The summed E-state index contributed by atoms with van der Waals surface area (Å²) in [6.07, 6.45) is -1.61. The van der Waals surface area contributed by atoms with E-state index in [2.05, 4.69) is 16.0 Å². The van der Waals surface area contributed by atoms with Crippen LogP contribution in [-0.4, -0.2) is 35.9 Å². The van der Waals surface area contributed by atoms with Crippen LogP contribution in [0.25, 0.3) is 11.1 Å². The number of likely N-dealkylation sites (N-methyl/N-ethyl adjacent to an activating group) is 1. The third-order valence-corrected chi connectivity index (χ3v) is 5.55. The van der Waals surface area contributed by atoms with Gasteiger partial charge in [0.2, 0.25) is 0 Å². The number of benzene rings is 2. The van der Waals surface area contributed by atoms with Crippen LogP contribution in [0.3, 0.4) is 0 Å². The molecule has 0 aliphatic carbocycles. The minimum atomic E-state index is -2.83. The Kier molecular flexibility index (Phi) is 5.52. The van der Waals surface area contributed by atoms with Crippen LogP contribution in [0.2, 0.25) is 0 Å². The Hall–Kier alpha value is -4.32. The molecular weight excluding hydrogens is 428 g/mol. The molecule has 0 fully saturated rings. The van der Waals surface area contributed by atoms with Crippen molar-refractivity contribution in [2.24, 2.45) is 10.7 Å². The van der Waals surface area contributed by atoms with Crippen LogP contribution in [0.15, 0.2) is 65.8 Å². The number of nitrogens with two attached hydrogens (primary N) is 1. The highest BCUT2D eigenvalue weighted by molar-refractivity contribution is 6.09. The minimum absolute atomic E-state index is 0.0498. The number of methoxy groups -OCH3 is 1. The smallest absolute Gasteiger partial charge is 0.280 e. The van der Waals surface area contributed by atoms with E-state index >= 15 is 0 Å². The second-order valence-corrected chi connectivity index (χ2v) is 7.46. The monoisotopic (exact) mass is 447 g/mol. The molecule has 1 atom stereocenters. The number of carbonyl (C=O) groups is 1. The molecule has 33 heavy (non-hydrogen) atoms. The number of amides is 1. The van der Waals surface area contributed by atoms with E-state index in [1.54, 1.807) is 36.4 Å². The van der Waals surface area contributed by atoms with Gasteiger partial charge in [-0.3, -0.25) is 14.7 Å². The normalized spacial score (nSPS) is 17.8. The van der Waals surface area contributed by atoms with E-state index in [0.29, 0.717) is 28.0 Å². The van der Waals surface area contributed by atoms with Gasteiger partial charge in [-0.1, -0.05) is 12.1 Å². The third-order valence-electron chi connectivity index (χ3n) is 5.55. The summed E-state index contributed by atoms with van der Waals surface area (Å²) in [5, 5.41) is 9.27. The highest BCUT2D eigenvalue weighted by atomic mass is 19.3. The van der Waals surface area contributed by atoms with Gasteiger partial charge in [0.25, 0.3) is 12.3 Å². The molecule has 166 valence electrons. The zero-order valence-corrected chi connectivity index (χ0v) is 17.8. The average Bonchev–Trinajstić information content (AvgIpc) is 3.08. The number of pyridine rings is 1. The van der Waals surface area contributed by atoms with Crippen LogP contribution in [-0.2, 0) is 10.3 Å². The lowest BCUT2D eigenvalue weighted by atomic mass is 9.81. The summed E-state index contributed by atoms with van der Waals surface area (Å²) in [7, 11) is 2.94. The summed E-state index contributed by atoms with van der Waals surface area (Å²) in [5.41, 5.74) is 6.22. The molecule has 0 spiro atoms. The van der Waals surface area contributed by atoms with Gasteiger partial charge in [0.15, 0.2) is 11.5 Å². The maximum atomic E-state index is 13.5. The van der Waals surface area contributed by atoms with E-state index in [-0.39, 0.29) is 11.5 Å². The summed E-state index contributed by atoms with van der Waals surface area (Å²) >= 11 is 0. The molecule has 0 saturated heterocycles. The maximum absolute atomic E-state index is 13.5. The number of halogens is 2. The summed E-state index contributed by atoms with van der Waals surface area (Å²) in [6.45, 7) is 0. The van der Waals surface area contributed by atoms with Crippen molar-refractivity contribution in [2.75, 3.05) is 14.2 Å². The number of ether oxygens (including phenoxy) is 1. The number of carbonyl (C=O) groups excluding carboxylic acids is 1. The number of rotatable bonds is 5. The van der Waals surface area contributed by atoms with E-state index in [1.807, 2.05) is 6.07 Å². The molecule has 3 aromatic rings. The Morgan fingerprint density at radius 1 is 1.12 bits per heavy atom. The fraction of sp³-hybridized carbons (Fsp3) is 0.167. The van der Waals surface area contributed by atoms with Crippen LogP contribution in [0.1, 0.15) is 28.8 Å². The van der Waals surface area contributed by atoms with Gasteiger partial charge in [0.1, 0.15) is 11.4 Å². The molecule has 1 amide bonds. The lowest BCUT2D eigenvalue weighted by molar-refractivity contribution is -0.129. The van der Waals surface area contributed by atoms with Crippen LogP contribution >= 0.6 is 0 Å². The topological polar surface area (TPSA) is 105 Å².